The fraction of sp³-hybridized carbons (Fsp3) is 0.261. The van der Waals surface area contributed by atoms with Crippen LogP contribution >= 0.6 is 11.3 Å². The van der Waals surface area contributed by atoms with Gasteiger partial charge in [0.1, 0.15) is 28.9 Å². The molecule has 9 heteroatoms. The van der Waals surface area contributed by atoms with Crippen molar-refractivity contribution < 1.29 is 9.53 Å². The molecule has 1 aromatic carbocycles. The summed E-state index contributed by atoms with van der Waals surface area (Å²) in [6.07, 6.45) is 5.60. The van der Waals surface area contributed by atoms with Crippen molar-refractivity contribution in [2.45, 2.75) is 18.9 Å². The monoisotopic (exact) mass is 446 g/mol. The molecule has 32 heavy (non-hydrogen) atoms. The zero-order chi connectivity index (χ0) is 21.9. The number of nitrogens with zero attached hydrogens (tertiary/aromatic N) is 5. The predicted octanol–water partition coefficient (Wildman–Crippen LogP) is 3.87. The lowest BCUT2D eigenvalue weighted by Gasteiger charge is -2.29. The Morgan fingerprint density at radius 3 is 2.78 bits per heavy atom. The van der Waals surface area contributed by atoms with Gasteiger partial charge < -0.3 is 15.0 Å². The van der Waals surface area contributed by atoms with Crippen LogP contribution in [0, 0.1) is 0 Å². The van der Waals surface area contributed by atoms with E-state index in [2.05, 4.69) is 37.4 Å². The number of carbonyl (C=O) groups is 1. The van der Waals surface area contributed by atoms with Gasteiger partial charge in [-0.15, -0.1) is 10.2 Å². The minimum atomic E-state index is -0.232. The van der Waals surface area contributed by atoms with E-state index in [9.17, 15) is 4.79 Å². The van der Waals surface area contributed by atoms with Gasteiger partial charge >= 0.3 is 0 Å². The summed E-state index contributed by atoms with van der Waals surface area (Å²) in [6.45, 7) is 2.05. The van der Waals surface area contributed by atoms with E-state index in [1.165, 1.54) is 11.3 Å². The highest BCUT2D eigenvalue weighted by molar-refractivity contribution is 7.12. The summed E-state index contributed by atoms with van der Waals surface area (Å²) in [5.74, 6) is 0.953. The number of fused-ring (bicyclic) bond motifs is 1. The summed E-state index contributed by atoms with van der Waals surface area (Å²) in [4.78, 5) is 23.9. The van der Waals surface area contributed by atoms with Gasteiger partial charge in [-0.3, -0.25) is 9.78 Å². The maximum absolute atomic E-state index is 12.8. The molecular weight excluding hydrogens is 424 g/mol. The van der Waals surface area contributed by atoms with Crippen molar-refractivity contribution in [2.75, 3.05) is 25.5 Å². The molecule has 1 N–H and O–H groups in total. The Kier molecular flexibility index (Phi) is 5.74. The number of piperidine rings is 1. The average Bonchev–Trinajstić information content (AvgIpc) is 3.35. The van der Waals surface area contributed by atoms with Crippen LogP contribution in [-0.2, 0) is 0 Å². The lowest BCUT2D eigenvalue weighted by atomic mass is 10.1. The Labute approximate surface area is 189 Å². The number of likely N-dealkylation sites (tertiary alicyclic amines) is 1. The molecule has 1 amide bonds. The number of hydrogen-bond acceptors (Lipinski definition) is 8. The lowest BCUT2D eigenvalue weighted by Crippen LogP contribution is -2.35. The van der Waals surface area contributed by atoms with E-state index in [0.29, 0.717) is 17.1 Å². The summed E-state index contributed by atoms with van der Waals surface area (Å²) in [5.41, 5.74) is 2.94. The second-order valence-corrected chi connectivity index (χ2v) is 8.67. The first-order chi connectivity index (χ1) is 15.6. The van der Waals surface area contributed by atoms with Gasteiger partial charge in [0.15, 0.2) is 5.01 Å². The molecule has 1 fully saturated rings. The molecule has 4 aromatic rings. The van der Waals surface area contributed by atoms with Crippen molar-refractivity contribution in [3.05, 3.63) is 59.9 Å². The van der Waals surface area contributed by atoms with Gasteiger partial charge in [0.05, 0.1) is 0 Å². The molecule has 5 rings (SSSR count). The Morgan fingerprint density at radius 1 is 1.12 bits per heavy atom. The Bertz CT molecular complexity index is 1240. The highest BCUT2D eigenvalue weighted by atomic mass is 32.1. The Balaban J connectivity index is 1.31. The normalized spacial score (nSPS) is 15.0. The summed E-state index contributed by atoms with van der Waals surface area (Å²) < 4.78 is 6.11. The lowest BCUT2D eigenvalue weighted by molar-refractivity contribution is 0.102. The molecule has 0 unspecified atom stereocenters. The molecule has 0 aliphatic carbocycles. The van der Waals surface area contributed by atoms with Crippen LogP contribution in [0.5, 0.6) is 5.75 Å². The average molecular weight is 447 g/mol. The molecule has 4 heterocycles. The van der Waals surface area contributed by atoms with E-state index in [4.69, 9.17) is 4.74 Å². The quantitative estimate of drug-likeness (QED) is 0.497. The zero-order valence-corrected chi connectivity index (χ0v) is 18.4. The van der Waals surface area contributed by atoms with Gasteiger partial charge in [-0.1, -0.05) is 17.4 Å². The van der Waals surface area contributed by atoms with Crippen LogP contribution in [0.3, 0.4) is 0 Å². The molecule has 0 atom stereocenters. The van der Waals surface area contributed by atoms with E-state index in [-0.39, 0.29) is 12.0 Å². The summed E-state index contributed by atoms with van der Waals surface area (Å²) in [7, 11) is 2.12. The van der Waals surface area contributed by atoms with Crippen LogP contribution in [0.25, 0.3) is 21.5 Å². The number of rotatable bonds is 5. The zero-order valence-electron chi connectivity index (χ0n) is 17.6. The SMILES string of the molecule is CN1CCC(Oc2cccc(C(=O)Nc3cc4cc(-c5nncs5)ncc4cn3)c2)CC1. The maximum Gasteiger partial charge on any atom is 0.256 e. The molecule has 1 aliphatic rings. The largest absolute Gasteiger partial charge is 0.490 e. The van der Waals surface area contributed by atoms with Gasteiger partial charge in [0.2, 0.25) is 0 Å². The van der Waals surface area contributed by atoms with Crippen molar-refractivity contribution in [1.82, 2.24) is 25.1 Å². The number of pyridine rings is 2. The molecule has 162 valence electrons. The van der Waals surface area contributed by atoms with E-state index in [1.807, 2.05) is 24.3 Å². The first kappa shape index (κ1) is 20.5. The fourth-order valence-electron chi connectivity index (χ4n) is 3.70. The number of aromatic nitrogens is 4. The number of anilines is 1. The second kappa shape index (κ2) is 8.97. The number of benzene rings is 1. The van der Waals surface area contributed by atoms with E-state index < -0.39 is 0 Å². The first-order valence-electron chi connectivity index (χ1n) is 10.4. The molecule has 1 aliphatic heterocycles. The summed E-state index contributed by atoms with van der Waals surface area (Å²) in [5, 5.41) is 13.3. The number of hydrogen-bond donors (Lipinski definition) is 1. The molecule has 0 radical (unpaired) electrons. The van der Waals surface area contributed by atoms with Crippen LogP contribution in [-0.4, -0.2) is 57.2 Å². The smallest absolute Gasteiger partial charge is 0.256 e. The third-order valence-corrected chi connectivity index (χ3v) is 6.20. The van der Waals surface area contributed by atoms with Crippen molar-refractivity contribution in [2.24, 2.45) is 0 Å². The van der Waals surface area contributed by atoms with Crippen molar-refractivity contribution in [3.63, 3.8) is 0 Å². The minimum absolute atomic E-state index is 0.183. The Hall–Kier alpha value is -3.43. The molecule has 0 saturated carbocycles. The van der Waals surface area contributed by atoms with Crippen molar-refractivity contribution in [3.8, 4) is 16.5 Å². The third-order valence-electron chi connectivity index (χ3n) is 5.49. The molecular formula is C23H22N6O2S. The predicted molar refractivity (Wildman–Crippen MR) is 124 cm³/mol. The van der Waals surface area contributed by atoms with Gasteiger partial charge in [-0.05, 0) is 55.6 Å². The second-order valence-electron chi connectivity index (χ2n) is 7.83. The van der Waals surface area contributed by atoms with E-state index in [0.717, 1.165) is 47.4 Å². The highest BCUT2D eigenvalue weighted by Gasteiger charge is 2.18. The van der Waals surface area contributed by atoms with Crippen LogP contribution in [0.1, 0.15) is 23.2 Å². The molecule has 1 saturated heterocycles. The number of ether oxygens (including phenoxy) is 1. The molecule has 0 spiro atoms. The van der Waals surface area contributed by atoms with Crippen LogP contribution < -0.4 is 10.1 Å². The number of amides is 1. The van der Waals surface area contributed by atoms with Gasteiger partial charge in [0, 0.05) is 36.4 Å². The standard InChI is InChI=1S/C23H22N6O2S/c1-29-7-5-18(6-8-29)31-19-4-2-3-15(9-19)22(30)27-21-11-16-10-20(23-28-26-14-32-23)24-12-17(16)13-25-21/h2-4,9-14,18H,5-8H2,1H3,(H,25,27,30). The van der Waals surface area contributed by atoms with Crippen molar-refractivity contribution in [1.29, 1.82) is 0 Å². The minimum Gasteiger partial charge on any atom is -0.490 e. The van der Waals surface area contributed by atoms with Gasteiger partial charge in [0.25, 0.3) is 5.91 Å². The number of nitrogens with one attached hydrogen (secondary N) is 1. The molecule has 8 nitrogen and oxygen atoms in total. The molecule has 0 bridgehead atoms. The summed E-state index contributed by atoms with van der Waals surface area (Å²) >= 11 is 1.43. The maximum atomic E-state index is 12.8. The van der Waals surface area contributed by atoms with Crippen LogP contribution in [0.2, 0.25) is 0 Å². The van der Waals surface area contributed by atoms with Crippen molar-refractivity contribution >= 4 is 33.8 Å². The van der Waals surface area contributed by atoms with Gasteiger partial charge in [-0.2, -0.15) is 0 Å². The van der Waals surface area contributed by atoms with Crippen LogP contribution in [0.15, 0.2) is 54.3 Å². The summed E-state index contributed by atoms with van der Waals surface area (Å²) in [6, 6.07) is 11.0. The highest BCUT2D eigenvalue weighted by Crippen LogP contribution is 2.25. The number of carbonyl (C=O) groups excluding carboxylic acids is 1. The topological polar surface area (TPSA) is 93.1 Å². The third kappa shape index (κ3) is 4.58. The van der Waals surface area contributed by atoms with Gasteiger partial charge in [-0.25, -0.2) is 4.98 Å². The van der Waals surface area contributed by atoms with Crippen LogP contribution in [0.4, 0.5) is 5.82 Å². The van der Waals surface area contributed by atoms with E-state index in [1.54, 1.807) is 30.0 Å². The van der Waals surface area contributed by atoms with E-state index >= 15 is 0 Å². The Morgan fingerprint density at radius 2 is 1.97 bits per heavy atom. The molecule has 3 aromatic heterocycles. The first-order valence-corrected chi connectivity index (χ1v) is 11.3. The fourth-order valence-corrected chi connectivity index (χ4v) is 4.22.